The second kappa shape index (κ2) is 7.91. The van der Waals surface area contributed by atoms with Crippen molar-refractivity contribution in [3.05, 3.63) is 35.2 Å². The van der Waals surface area contributed by atoms with Gasteiger partial charge in [-0.3, -0.25) is 4.79 Å². The lowest BCUT2D eigenvalue weighted by molar-refractivity contribution is -0.113. The van der Waals surface area contributed by atoms with Crippen LogP contribution in [0, 0.1) is 13.8 Å². The Labute approximate surface area is 152 Å². The summed E-state index contributed by atoms with van der Waals surface area (Å²) in [7, 11) is 0. The van der Waals surface area contributed by atoms with Crippen molar-refractivity contribution in [1.82, 2.24) is 14.9 Å². The van der Waals surface area contributed by atoms with Gasteiger partial charge in [0.05, 0.1) is 5.75 Å². The summed E-state index contributed by atoms with van der Waals surface area (Å²) in [6.45, 7) is 4.02. The van der Waals surface area contributed by atoms with Crippen molar-refractivity contribution < 1.29 is 4.79 Å². The quantitative estimate of drug-likeness (QED) is 0.631. The molecule has 0 saturated heterocycles. The molecule has 1 aliphatic rings. The number of nitrogens with two attached hydrogens (primary N) is 1. The maximum absolute atomic E-state index is 12.2. The molecule has 3 rings (SSSR count). The zero-order chi connectivity index (χ0) is 17.8. The average Bonchev–Trinajstić information content (AvgIpc) is 2.97. The smallest absolute Gasteiger partial charge is 0.234 e. The number of aryl methyl sites for hydroxylation is 2. The number of hydrogen-bond donors (Lipinski definition) is 2. The molecule has 0 aliphatic heterocycles. The van der Waals surface area contributed by atoms with Crippen LogP contribution in [0.25, 0.3) is 0 Å². The first-order chi connectivity index (χ1) is 12.0. The Morgan fingerprint density at radius 3 is 2.76 bits per heavy atom. The van der Waals surface area contributed by atoms with E-state index < -0.39 is 0 Å². The number of aromatic nitrogens is 3. The highest BCUT2D eigenvalue weighted by molar-refractivity contribution is 7.99. The number of benzene rings is 1. The van der Waals surface area contributed by atoms with Gasteiger partial charge in [-0.05, 0) is 38.3 Å². The summed E-state index contributed by atoms with van der Waals surface area (Å²) in [4.78, 5) is 12.2. The number of carbonyl (C=O) groups excluding carboxylic acids is 1. The monoisotopic (exact) mass is 359 g/mol. The van der Waals surface area contributed by atoms with Crippen LogP contribution in [0.4, 0.5) is 5.69 Å². The highest BCUT2D eigenvalue weighted by Gasteiger charge is 2.22. The fourth-order valence-corrected chi connectivity index (χ4v) is 3.96. The fourth-order valence-electron chi connectivity index (χ4n) is 3.30. The molecule has 134 valence electrons. The van der Waals surface area contributed by atoms with Crippen molar-refractivity contribution in [2.24, 2.45) is 0 Å². The predicted molar refractivity (Wildman–Crippen MR) is 101 cm³/mol. The molecule has 25 heavy (non-hydrogen) atoms. The lowest BCUT2D eigenvalue weighted by Crippen LogP contribution is -2.20. The molecule has 1 amide bonds. The topological polar surface area (TPSA) is 85.8 Å². The van der Waals surface area contributed by atoms with Crippen molar-refractivity contribution >= 4 is 23.4 Å². The Morgan fingerprint density at radius 1 is 1.28 bits per heavy atom. The van der Waals surface area contributed by atoms with Gasteiger partial charge in [-0.15, -0.1) is 10.2 Å². The van der Waals surface area contributed by atoms with Gasteiger partial charge in [0, 0.05) is 11.6 Å². The Hall–Kier alpha value is -2.02. The van der Waals surface area contributed by atoms with Gasteiger partial charge in [0.15, 0.2) is 5.82 Å². The van der Waals surface area contributed by atoms with E-state index in [0.29, 0.717) is 11.1 Å². The van der Waals surface area contributed by atoms with E-state index in [-0.39, 0.29) is 11.7 Å². The molecule has 0 bridgehead atoms. The normalized spacial score (nSPS) is 15.3. The van der Waals surface area contributed by atoms with Gasteiger partial charge in [0.25, 0.3) is 0 Å². The van der Waals surface area contributed by atoms with Gasteiger partial charge >= 0.3 is 0 Å². The summed E-state index contributed by atoms with van der Waals surface area (Å²) >= 11 is 1.32. The highest BCUT2D eigenvalue weighted by atomic mass is 32.2. The molecule has 0 radical (unpaired) electrons. The van der Waals surface area contributed by atoms with Crippen molar-refractivity contribution in [2.45, 2.75) is 57.0 Å². The Bertz CT molecular complexity index is 752. The number of rotatable bonds is 5. The van der Waals surface area contributed by atoms with Crippen LogP contribution in [0.15, 0.2) is 23.4 Å². The Morgan fingerprint density at radius 2 is 2.04 bits per heavy atom. The molecule has 1 heterocycles. The van der Waals surface area contributed by atoms with Crippen molar-refractivity contribution in [2.75, 3.05) is 16.9 Å². The lowest BCUT2D eigenvalue weighted by Gasteiger charge is -2.20. The first kappa shape index (κ1) is 17.8. The molecular weight excluding hydrogens is 334 g/mol. The second-order valence-corrected chi connectivity index (χ2v) is 7.64. The molecule has 2 aromatic rings. The summed E-state index contributed by atoms with van der Waals surface area (Å²) in [5.74, 6) is 7.58. The van der Waals surface area contributed by atoms with Crippen molar-refractivity contribution in [3.63, 3.8) is 0 Å². The van der Waals surface area contributed by atoms with Gasteiger partial charge in [-0.2, -0.15) is 0 Å². The molecule has 1 fully saturated rings. The third kappa shape index (κ3) is 4.34. The minimum atomic E-state index is -0.0702. The summed E-state index contributed by atoms with van der Waals surface area (Å²) in [6.07, 6.45) is 5.96. The van der Waals surface area contributed by atoms with E-state index in [0.717, 1.165) is 29.9 Å². The van der Waals surface area contributed by atoms with Crippen LogP contribution in [0.1, 0.15) is 55.0 Å². The first-order valence-corrected chi connectivity index (χ1v) is 9.73. The van der Waals surface area contributed by atoms with Crippen LogP contribution in [0.3, 0.4) is 0 Å². The van der Waals surface area contributed by atoms with Gasteiger partial charge in [0.2, 0.25) is 11.1 Å². The summed E-state index contributed by atoms with van der Waals surface area (Å²) in [6, 6.07) is 5.97. The van der Waals surface area contributed by atoms with Gasteiger partial charge in [-0.1, -0.05) is 48.7 Å². The maximum Gasteiger partial charge on any atom is 0.234 e. The van der Waals surface area contributed by atoms with E-state index in [2.05, 4.69) is 21.6 Å². The SMILES string of the molecule is Cc1ccc(NC(=O)CSc2nnc(C3CCCCC3)n2N)c(C)c1. The van der Waals surface area contributed by atoms with Crippen LogP contribution in [0.5, 0.6) is 0 Å². The maximum atomic E-state index is 12.2. The molecule has 7 heteroatoms. The minimum absolute atomic E-state index is 0.0702. The van der Waals surface area contributed by atoms with E-state index in [1.807, 2.05) is 26.0 Å². The number of nitrogens with zero attached hydrogens (tertiary/aromatic N) is 3. The average molecular weight is 359 g/mol. The zero-order valence-corrected chi connectivity index (χ0v) is 15.6. The van der Waals surface area contributed by atoms with Crippen LogP contribution in [0.2, 0.25) is 0 Å². The standard InChI is InChI=1S/C18H25N5OS/c1-12-8-9-15(13(2)10-12)20-16(24)11-25-18-22-21-17(23(18)19)14-6-4-3-5-7-14/h8-10,14H,3-7,11,19H2,1-2H3,(H,20,24). The molecule has 0 atom stereocenters. The van der Waals surface area contributed by atoms with E-state index >= 15 is 0 Å². The third-order valence-corrected chi connectivity index (χ3v) is 5.59. The molecule has 1 aliphatic carbocycles. The molecule has 1 aromatic heterocycles. The van der Waals surface area contributed by atoms with Crippen LogP contribution < -0.4 is 11.2 Å². The van der Waals surface area contributed by atoms with E-state index in [1.54, 1.807) is 4.68 Å². The summed E-state index contributed by atoms with van der Waals surface area (Å²) in [5.41, 5.74) is 3.07. The Balaban J connectivity index is 1.58. The lowest BCUT2D eigenvalue weighted by atomic mass is 9.89. The second-order valence-electron chi connectivity index (χ2n) is 6.70. The number of nitrogen functional groups attached to an aromatic ring is 1. The molecule has 6 nitrogen and oxygen atoms in total. The van der Waals surface area contributed by atoms with E-state index in [4.69, 9.17) is 5.84 Å². The highest BCUT2D eigenvalue weighted by Crippen LogP contribution is 2.32. The molecule has 1 aromatic carbocycles. The molecule has 1 saturated carbocycles. The minimum Gasteiger partial charge on any atom is -0.336 e. The van der Waals surface area contributed by atoms with E-state index in [9.17, 15) is 4.79 Å². The number of carbonyl (C=O) groups is 1. The number of nitrogens with one attached hydrogen (secondary N) is 1. The summed E-state index contributed by atoms with van der Waals surface area (Å²) in [5, 5.41) is 12.0. The zero-order valence-electron chi connectivity index (χ0n) is 14.8. The number of thioether (sulfide) groups is 1. The van der Waals surface area contributed by atoms with Gasteiger partial charge in [0.1, 0.15) is 0 Å². The first-order valence-electron chi connectivity index (χ1n) is 8.75. The van der Waals surface area contributed by atoms with Gasteiger partial charge in [-0.25, -0.2) is 4.68 Å². The van der Waals surface area contributed by atoms with Crippen molar-refractivity contribution in [1.29, 1.82) is 0 Å². The molecule has 3 N–H and O–H groups in total. The van der Waals surface area contributed by atoms with Crippen molar-refractivity contribution in [3.8, 4) is 0 Å². The van der Waals surface area contributed by atoms with Crippen LogP contribution in [-0.4, -0.2) is 26.5 Å². The summed E-state index contributed by atoms with van der Waals surface area (Å²) < 4.78 is 1.56. The molecule has 0 spiro atoms. The van der Waals surface area contributed by atoms with E-state index in [1.165, 1.54) is 36.6 Å². The third-order valence-electron chi connectivity index (χ3n) is 4.65. The fraction of sp³-hybridized carbons (Fsp3) is 0.500. The van der Waals surface area contributed by atoms with Crippen LogP contribution >= 0.6 is 11.8 Å². The number of amides is 1. The van der Waals surface area contributed by atoms with Gasteiger partial charge < -0.3 is 11.2 Å². The number of hydrogen-bond acceptors (Lipinski definition) is 5. The van der Waals surface area contributed by atoms with Crippen LogP contribution in [-0.2, 0) is 4.79 Å². The molecule has 0 unspecified atom stereocenters. The molecular formula is C18H25N5OS. The Kier molecular flexibility index (Phi) is 5.63. The largest absolute Gasteiger partial charge is 0.336 e. The predicted octanol–water partition coefficient (Wildman–Crippen LogP) is 3.39. The number of anilines is 1.